The summed E-state index contributed by atoms with van der Waals surface area (Å²) >= 11 is 0. The van der Waals surface area contributed by atoms with Crippen molar-refractivity contribution in [2.45, 2.75) is 12.8 Å². The molecule has 1 aliphatic rings. The van der Waals surface area contributed by atoms with Gasteiger partial charge >= 0.3 is 0 Å². The minimum Gasteiger partial charge on any atom is -0.341 e. The molecule has 0 unspecified atom stereocenters. The fourth-order valence-corrected chi connectivity index (χ4v) is 3.86. The summed E-state index contributed by atoms with van der Waals surface area (Å²) in [5.74, 6) is -0.138. The Morgan fingerprint density at radius 1 is 1.09 bits per heavy atom. The molecule has 1 aliphatic heterocycles. The number of amides is 1. The number of hydrogen-bond acceptors (Lipinski definition) is 3. The van der Waals surface area contributed by atoms with E-state index in [1.54, 1.807) is 11.0 Å². The zero-order valence-corrected chi connectivity index (χ0v) is 13.9. The monoisotopic (exact) mass is 332 g/mol. The van der Waals surface area contributed by atoms with Crippen LogP contribution in [0, 0.1) is 0 Å². The third-order valence-electron chi connectivity index (χ3n) is 4.17. The summed E-state index contributed by atoms with van der Waals surface area (Å²) in [5, 5.41) is 1.78. The molecule has 0 atom stereocenters. The fraction of sp³-hybridized carbons (Fsp3) is 0.353. The van der Waals surface area contributed by atoms with E-state index in [9.17, 15) is 13.2 Å². The molecule has 6 heteroatoms. The highest BCUT2D eigenvalue weighted by molar-refractivity contribution is 7.92. The second-order valence-corrected chi connectivity index (χ2v) is 7.76. The maximum atomic E-state index is 12.4. The normalized spacial score (nSPS) is 15.1. The highest BCUT2D eigenvalue weighted by atomic mass is 32.2. The molecule has 3 rings (SSSR count). The molecule has 23 heavy (non-hydrogen) atoms. The molecule has 0 aromatic heterocycles. The minimum absolute atomic E-state index is 0.138. The van der Waals surface area contributed by atoms with Gasteiger partial charge in [0.15, 0.2) is 0 Å². The van der Waals surface area contributed by atoms with Gasteiger partial charge in [-0.3, -0.25) is 9.10 Å². The van der Waals surface area contributed by atoms with E-state index in [1.165, 1.54) is 4.31 Å². The van der Waals surface area contributed by atoms with Crippen molar-refractivity contribution in [2.75, 3.05) is 30.2 Å². The van der Waals surface area contributed by atoms with Crippen molar-refractivity contribution in [2.24, 2.45) is 0 Å². The summed E-state index contributed by atoms with van der Waals surface area (Å²) < 4.78 is 25.8. The van der Waals surface area contributed by atoms with Crippen molar-refractivity contribution in [3.63, 3.8) is 0 Å². The molecule has 0 spiro atoms. The van der Waals surface area contributed by atoms with Gasteiger partial charge in [0, 0.05) is 18.5 Å². The quantitative estimate of drug-likeness (QED) is 0.863. The SMILES string of the molecule is CS(=O)(=O)N(CC(=O)N1CCCC1)c1cccc2ccccc12. The van der Waals surface area contributed by atoms with Crippen molar-refractivity contribution in [3.8, 4) is 0 Å². The Kier molecular flexibility index (Phi) is 4.26. The number of carbonyl (C=O) groups is 1. The molecule has 122 valence electrons. The Bertz CT molecular complexity index is 821. The number of hydrogen-bond donors (Lipinski definition) is 0. The van der Waals surface area contributed by atoms with Gasteiger partial charge in [0.05, 0.1) is 11.9 Å². The van der Waals surface area contributed by atoms with E-state index < -0.39 is 10.0 Å². The van der Waals surface area contributed by atoms with Crippen molar-refractivity contribution in [3.05, 3.63) is 42.5 Å². The highest BCUT2D eigenvalue weighted by Gasteiger charge is 2.26. The van der Waals surface area contributed by atoms with Crippen LogP contribution in [-0.4, -0.2) is 45.1 Å². The predicted octanol–water partition coefficient (Wildman–Crippen LogP) is 2.23. The van der Waals surface area contributed by atoms with Crippen molar-refractivity contribution in [1.82, 2.24) is 4.90 Å². The van der Waals surface area contributed by atoms with Crippen LogP contribution < -0.4 is 4.31 Å². The Morgan fingerprint density at radius 2 is 1.74 bits per heavy atom. The average molecular weight is 332 g/mol. The summed E-state index contributed by atoms with van der Waals surface area (Å²) in [4.78, 5) is 14.2. The zero-order valence-electron chi connectivity index (χ0n) is 13.1. The first-order valence-corrected chi connectivity index (χ1v) is 9.55. The van der Waals surface area contributed by atoms with Gasteiger partial charge in [-0.2, -0.15) is 0 Å². The van der Waals surface area contributed by atoms with Gasteiger partial charge in [0.1, 0.15) is 6.54 Å². The van der Waals surface area contributed by atoms with Crippen molar-refractivity contribution < 1.29 is 13.2 Å². The van der Waals surface area contributed by atoms with Crippen molar-refractivity contribution in [1.29, 1.82) is 0 Å². The number of anilines is 1. The molecule has 2 aromatic rings. The molecular formula is C17H20N2O3S. The highest BCUT2D eigenvalue weighted by Crippen LogP contribution is 2.28. The van der Waals surface area contributed by atoms with Crippen LogP contribution in [0.4, 0.5) is 5.69 Å². The standard InChI is InChI=1S/C17H20N2O3S/c1-23(21,22)19(13-17(20)18-11-4-5-12-18)16-10-6-8-14-7-2-3-9-15(14)16/h2-3,6-10H,4-5,11-13H2,1H3. The first-order chi connectivity index (χ1) is 11.0. The lowest BCUT2D eigenvalue weighted by atomic mass is 10.1. The lowest BCUT2D eigenvalue weighted by Gasteiger charge is -2.26. The summed E-state index contributed by atoms with van der Waals surface area (Å²) in [5.41, 5.74) is 0.554. The summed E-state index contributed by atoms with van der Waals surface area (Å²) in [7, 11) is -3.55. The van der Waals surface area contributed by atoms with E-state index >= 15 is 0 Å². The number of fused-ring (bicyclic) bond motifs is 1. The van der Waals surface area contributed by atoms with Crippen molar-refractivity contribution >= 4 is 32.4 Å². The molecule has 0 saturated carbocycles. The number of sulfonamides is 1. The topological polar surface area (TPSA) is 57.7 Å². The van der Waals surface area contributed by atoms with E-state index in [-0.39, 0.29) is 12.5 Å². The molecule has 1 amide bonds. The molecule has 1 fully saturated rings. The van der Waals surface area contributed by atoms with Crippen LogP contribution in [0.25, 0.3) is 10.8 Å². The number of benzene rings is 2. The van der Waals surface area contributed by atoms with Gasteiger partial charge in [-0.15, -0.1) is 0 Å². The van der Waals surface area contributed by atoms with E-state index in [0.29, 0.717) is 18.8 Å². The van der Waals surface area contributed by atoms with Gasteiger partial charge in [-0.1, -0.05) is 36.4 Å². The summed E-state index contributed by atoms with van der Waals surface area (Å²) in [6.07, 6.45) is 3.11. The smallest absolute Gasteiger partial charge is 0.243 e. The molecule has 5 nitrogen and oxygen atoms in total. The Balaban J connectivity index is 2.00. The summed E-state index contributed by atoms with van der Waals surface area (Å²) in [6, 6.07) is 13.1. The van der Waals surface area contributed by atoms with Gasteiger partial charge in [0.25, 0.3) is 0 Å². The molecule has 0 radical (unpaired) electrons. The first kappa shape index (κ1) is 15.8. The van der Waals surface area contributed by atoms with Crippen LogP contribution in [0.5, 0.6) is 0 Å². The second-order valence-electron chi connectivity index (χ2n) is 5.86. The molecule has 1 heterocycles. The Morgan fingerprint density at radius 3 is 2.43 bits per heavy atom. The largest absolute Gasteiger partial charge is 0.341 e. The maximum absolute atomic E-state index is 12.4. The fourth-order valence-electron chi connectivity index (χ4n) is 3.00. The summed E-state index contributed by atoms with van der Waals surface area (Å²) in [6.45, 7) is 1.28. The lowest BCUT2D eigenvalue weighted by Crippen LogP contribution is -2.41. The molecule has 2 aromatic carbocycles. The molecule has 0 bridgehead atoms. The Labute approximate surface area is 136 Å². The van der Waals surface area contributed by atoms with Crippen LogP contribution in [0.1, 0.15) is 12.8 Å². The van der Waals surface area contributed by atoms with E-state index in [1.807, 2.05) is 36.4 Å². The zero-order chi connectivity index (χ0) is 16.4. The molecule has 0 N–H and O–H groups in total. The third kappa shape index (κ3) is 3.32. The lowest BCUT2D eigenvalue weighted by molar-refractivity contribution is -0.128. The number of carbonyl (C=O) groups excluding carboxylic acids is 1. The maximum Gasteiger partial charge on any atom is 0.243 e. The third-order valence-corrected chi connectivity index (χ3v) is 5.30. The van der Waals surface area contributed by atoms with E-state index in [0.717, 1.165) is 29.9 Å². The molecule has 0 aliphatic carbocycles. The van der Waals surface area contributed by atoms with Gasteiger partial charge in [-0.05, 0) is 24.3 Å². The van der Waals surface area contributed by atoms with Gasteiger partial charge in [0.2, 0.25) is 15.9 Å². The minimum atomic E-state index is -3.55. The van der Waals surface area contributed by atoms with Crippen LogP contribution in [0.2, 0.25) is 0 Å². The molecular weight excluding hydrogens is 312 g/mol. The van der Waals surface area contributed by atoms with Gasteiger partial charge in [-0.25, -0.2) is 8.42 Å². The Hall–Kier alpha value is -2.08. The predicted molar refractivity (Wildman–Crippen MR) is 92.0 cm³/mol. The van der Waals surface area contributed by atoms with Gasteiger partial charge < -0.3 is 4.90 Å². The number of nitrogens with zero attached hydrogens (tertiary/aromatic N) is 2. The van der Waals surface area contributed by atoms with Crippen LogP contribution >= 0.6 is 0 Å². The van der Waals surface area contributed by atoms with Crippen LogP contribution in [0.3, 0.4) is 0 Å². The second kappa shape index (κ2) is 6.20. The average Bonchev–Trinajstić information content (AvgIpc) is 3.05. The van der Waals surface area contributed by atoms with E-state index in [2.05, 4.69) is 0 Å². The number of likely N-dealkylation sites (tertiary alicyclic amines) is 1. The van der Waals surface area contributed by atoms with Crippen LogP contribution in [0.15, 0.2) is 42.5 Å². The number of rotatable bonds is 4. The van der Waals surface area contributed by atoms with Crippen LogP contribution in [-0.2, 0) is 14.8 Å². The molecule has 1 saturated heterocycles. The van der Waals surface area contributed by atoms with E-state index in [4.69, 9.17) is 0 Å². The first-order valence-electron chi connectivity index (χ1n) is 7.70.